The van der Waals surface area contributed by atoms with E-state index >= 15 is 9.59 Å². The van der Waals surface area contributed by atoms with Gasteiger partial charge in [0, 0.05) is 61.7 Å². The van der Waals surface area contributed by atoms with Crippen molar-refractivity contribution in [1.29, 1.82) is 0 Å². The van der Waals surface area contributed by atoms with Crippen molar-refractivity contribution in [2.75, 3.05) is 55.9 Å². The molecule has 1 rings (SSSR count). The van der Waals surface area contributed by atoms with Crippen LogP contribution in [0.15, 0.2) is 36.4 Å². The molecular formula is C64H109N11O13. The lowest BCUT2D eigenvalue weighted by Crippen LogP contribution is -2.63. The van der Waals surface area contributed by atoms with Crippen molar-refractivity contribution in [2.45, 2.75) is 203 Å². The highest BCUT2D eigenvalue weighted by Gasteiger charge is 2.45. The van der Waals surface area contributed by atoms with Gasteiger partial charge in [0.15, 0.2) is 0 Å². The molecule has 0 radical (unpaired) electrons. The molecule has 0 aliphatic carbocycles. The summed E-state index contributed by atoms with van der Waals surface area (Å²) in [7, 11) is 9.89. The summed E-state index contributed by atoms with van der Waals surface area (Å²) in [4.78, 5) is 162. The Hall–Kier alpha value is -7.11. The number of phenolic OH excluding ortho intramolecular Hbond substituents is 1. The molecule has 0 saturated carbocycles. The van der Waals surface area contributed by atoms with E-state index in [0.29, 0.717) is 18.4 Å². The van der Waals surface area contributed by atoms with E-state index in [-0.39, 0.29) is 61.0 Å². The zero-order valence-corrected chi connectivity index (χ0v) is 56.7. The molecule has 24 heteroatoms. The molecule has 1 aromatic carbocycles. The molecule has 0 bridgehead atoms. The molecule has 0 aliphatic heterocycles. The van der Waals surface area contributed by atoms with E-state index in [4.69, 9.17) is 5.73 Å². The summed E-state index contributed by atoms with van der Waals surface area (Å²) in [6.45, 7) is 25.7. The molecule has 0 saturated heterocycles. The summed E-state index contributed by atoms with van der Waals surface area (Å²) in [5.74, 6) is -8.66. The highest BCUT2D eigenvalue weighted by Crippen LogP contribution is 2.25. The second-order valence-electron chi connectivity index (χ2n) is 25.6. The molecule has 7 N–H and O–H groups in total. The second-order valence-corrected chi connectivity index (χ2v) is 25.6. The van der Waals surface area contributed by atoms with Gasteiger partial charge in [0.25, 0.3) is 0 Å². The maximum absolute atomic E-state index is 15.1. The number of aromatic hydroxyl groups is 1. The Morgan fingerprint density at radius 3 is 1.48 bits per heavy atom. The largest absolute Gasteiger partial charge is 0.508 e. The highest BCUT2D eigenvalue weighted by atomic mass is 16.3. The van der Waals surface area contributed by atoms with E-state index in [9.17, 15) is 53.4 Å². The lowest BCUT2D eigenvalue weighted by molar-refractivity contribution is -0.157. The monoisotopic (exact) mass is 1240 g/mol. The summed E-state index contributed by atoms with van der Waals surface area (Å²) >= 11 is 0. The minimum Gasteiger partial charge on any atom is -0.508 e. The third-order valence-electron chi connectivity index (χ3n) is 16.3. The molecule has 1 unspecified atom stereocenters. The summed E-state index contributed by atoms with van der Waals surface area (Å²) in [6, 6.07) is -4.74. The van der Waals surface area contributed by atoms with Gasteiger partial charge in [-0.2, -0.15) is 0 Å². The van der Waals surface area contributed by atoms with Gasteiger partial charge in [-0.1, -0.05) is 100 Å². The molecule has 498 valence electrons. The number of primary amides is 1. The minimum atomic E-state index is -1.63. The first-order valence-electron chi connectivity index (χ1n) is 30.8. The van der Waals surface area contributed by atoms with Gasteiger partial charge in [-0.3, -0.25) is 52.7 Å². The molecule has 12 atom stereocenters. The lowest BCUT2D eigenvalue weighted by atomic mass is 9.91. The fourth-order valence-corrected chi connectivity index (χ4v) is 10.6. The lowest BCUT2D eigenvalue weighted by Gasteiger charge is -2.41. The number of aliphatic hydroxyl groups is 1. The van der Waals surface area contributed by atoms with E-state index in [1.165, 1.54) is 94.9 Å². The van der Waals surface area contributed by atoms with Crippen molar-refractivity contribution in [3.8, 4) is 5.75 Å². The van der Waals surface area contributed by atoms with E-state index in [0.717, 1.165) is 14.7 Å². The Kier molecular flexibility index (Phi) is 32.6. The van der Waals surface area contributed by atoms with Gasteiger partial charge in [-0.05, 0) is 107 Å². The number of hydrogen-bond acceptors (Lipinski definition) is 13. The van der Waals surface area contributed by atoms with Gasteiger partial charge in [0.2, 0.25) is 65.0 Å². The Morgan fingerprint density at radius 1 is 0.534 bits per heavy atom. The van der Waals surface area contributed by atoms with Crippen LogP contribution in [0.1, 0.15) is 142 Å². The molecule has 0 fully saturated rings. The Bertz CT molecular complexity index is 2560. The van der Waals surface area contributed by atoms with Gasteiger partial charge in [0.1, 0.15) is 60.1 Å². The van der Waals surface area contributed by atoms with Crippen molar-refractivity contribution in [3.05, 3.63) is 42.0 Å². The Balaban J connectivity index is 3.58. The van der Waals surface area contributed by atoms with Crippen LogP contribution in [-0.4, -0.2) is 226 Å². The predicted octanol–water partition coefficient (Wildman–Crippen LogP) is 3.16. The third kappa shape index (κ3) is 22.8. The standard InChI is InChI=1S/C64H109N11O13/c1-23-25-26-40(11)54(78)53(58(82)68-47(24-2)61(85)69(16)35-51(77)71(18)48(55(65)79)34-45-27-29-46(76)30-28-45)75(22)64(88)52(39(9)10)74(21)63(87)50(33-38(7)8)73(20)62(86)49(32-37(5)6)72(19)60(84)43(14)67-56(80)42(13)66-57(81)44(15)70(17)59(83)41(12)31-36(3)4/h23,25,27-30,36-44,47-50,52-54,76,78H,24,26,31-35H2,1-22H3,(H2,65,79)(H,66,81)(H,67,80)(H,68,82)/b25-23+/t40-,41-,42-,43+,44+,47-,48+,49+,50-,52-,53?,54-/m1/s1. The van der Waals surface area contributed by atoms with Gasteiger partial charge in [-0.25, -0.2) is 0 Å². The first kappa shape index (κ1) is 78.9. The molecule has 11 amide bonds. The molecule has 0 aliphatic rings. The maximum Gasteiger partial charge on any atom is 0.246 e. The maximum atomic E-state index is 15.1. The summed E-state index contributed by atoms with van der Waals surface area (Å²) < 4.78 is 0. The van der Waals surface area contributed by atoms with Gasteiger partial charge < -0.3 is 66.2 Å². The minimum absolute atomic E-state index is 0.0109. The zero-order valence-electron chi connectivity index (χ0n) is 56.7. The SMILES string of the molecule is C/C=C/C[C@@H](C)[C@@H](O)C(C(=O)N[C@H](CC)C(=O)N(C)CC(=O)N(C)[C@@H](Cc1ccc(O)cc1)C(N)=O)N(C)C(=O)[C@@H](C(C)C)N(C)C(=O)[C@@H](CC(C)C)N(C)C(=O)[C@H](CC(C)C)N(C)C(=O)[C@H](C)NC(=O)[C@@H](C)NC(=O)[C@H](C)N(C)C(=O)[C@H](C)CC(C)C. The van der Waals surface area contributed by atoms with Crippen LogP contribution < -0.4 is 21.7 Å². The summed E-state index contributed by atoms with van der Waals surface area (Å²) in [5.41, 5.74) is 6.32. The normalized spacial score (nSPS) is 15.7. The van der Waals surface area contributed by atoms with Crippen molar-refractivity contribution >= 4 is 65.0 Å². The number of amides is 11. The summed E-state index contributed by atoms with van der Waals surface area (Å²) in [5, 5.41) is 29.7. The van der Waals surface area contributed by atoms with Crippen LogP contribution in [0.3, 0.4) is 0 Å². The van der Waals surface area contributed by atoms with Crippen LogP contribution in [0.2, 0.25) is 0 Å². The number of likely N-dealkylation sites (N-methyl/N-ethyl adjacent to an activating group) is 7. The topological polar surface area (TPSA) is 313 Å². The zero-order chi connectivity index (χ0) is 68.1. The third-order valence-corrected chi connectivity index (χ3v) is 16.3. The fourth-order valence-electron chi connectivity index (χ4n) is 10.6. The van der Waals surface area contributed by atoms with Crippen LogP contribution in [0.5, 0.6) is 5.75 Å². The molecule has 24 nitrogen and oxygen atoms in total. The number of rotatable bonds is 35. The van der Waals surface area contributed by atoms with Gasteiger partial charge >= 0.3 is 0 Å². The molecule has 88 heavy (non-hydrogen) atoms. The average Bonchev–Trinajstić information content (AvgIpc) is 3.67. The molecule has 0 aromatic heterocycles. The van der Waals surface area contributed by atoms with Crippen LogP contribution in [0.4, 0.5) is 0 Å². The van der Waals surface area contributed by atoms with E-state index in [2.05, 4.69) is 16.0 Å². The number of nitrogens with two attached hydrogens (primary N) is 1. The number of benzene rings is 1. The van der Waals surface area contributed by atoms with Crippen molar-refractivity contribution in [3.63, 3.8) is 0 Å². The predicted molar refractivity (Wildman–Crippen MR) is 338 cm³/mol. The number of nitrogens with zero attached hydrogens (tertiary/aromatic N) is 7. The molecule has 1 aromatic rings. The van der Waals surface area contributed by atoms with Crippen LogP contribution in [-0.2, 0) is 59.2 Å². The van der Waals surface area contributed by atoms with Gasteiger partial charge in [-0.15, -0.1) is 0 Å². The number of nitrogens with one attached hydrogen (secondary N) is 3. The fraction of sp³-hybridized carbons (Fsp3) is 0.703. The highest BCUT2D eigenvalue weighted by molar-refractivity contribution is 5.98. The first-order chi connectivity index (χ1) is 40.7. The number of carbonyl (C=O) groups is 11. The van der Waals surface area contributed by atoms with E-state index in [1.54, 1.807) is 72.8 Å². The van der Waals surface area contributed by atoms with E-state index < -0.39 is 138 Å². The number of hydrogen-bond donors (Lipinski definition) is 6. The Morgan fingerprint density at radius 2 is 1.01 bits per heavy atom. The molecule has 0 heterocycles. The van der Waals surface area contributed by atoms with Gasteiger partial charge in [0.05, 0.1) is 12.6 Å². The number of phenols is 1. The van der Waals surface area contributed by atoms with Crippen molar-refractivity contribution in [1.82, 2.24) is 50.2 Å². The van der Waals surface area contributed by atoms with Crippen molar-refractivity contribution in [2.24, 2.45) is 41.2 Å². The summed E-state index contributed by atoms with van der Waals surface area (Å²) in [6.07, 6.45) is 3.32. The quantitative estimate of drug-likeness (QED) is 0.0533. The first-order valence-corrected chi connectivity index (χ1v) is 30.8. The second kappa shape index (κ2) is 36.4. The van der Waals surface area contributed by atoms with Crippen molar-refractivity contribution < 1.29 is 63.0 Å². The van der Waals surface area contributed by atoms with Crippen LogP contribution in [0, 0.1) is 35.5 Å². The van der Waals surface area contributed by atoms with Crippen LogP contribution >= 0.6 is 0 Å². The number of carbonyl (C=O) groups excluding carboxylic acids is 11. The Labute approximate surface area is 524 Å². The smallest absolute Gasteiger partial charge is 0.246 e. The molecule has 0 spiro atoms. The van der Waals surface area contributed by atoms with Crippen LogP contribution in [0.25, 0.3) is 0 Å². The molecular weight excluding hydrogens is 1130 g/mol. The number of aliphatic hydroxyl groups excluding tert-OH is 1. The average molecular weight is 1240 g/mol. The number of allylic oxidation sites excluding steroid dienone is 2. The van der Waals surface area contributed by atoms with E-state index in [1.807, 2.05) is 41.5 Å².